The van der Waals surface area contributed by atoms with Crippen LogP contribution in [0.3, 0.4) is 0 Å². The molecule has 3 amide bonds. The number of aryl methyl sites for hydroxylation is 1. The van der Waals surface area contributed by atoms with E-state index in [1.165, 1.54) is 15.6 Å². The highest BCUT2D eigenvalue weighted by Crippen LogP contribution is 2.30. The summed E-state index contributed by atoms with van der Waals surface area (Å²) in [6.45, 7) is 11.3. The number of ether oxygens (including phenoxy) is 1. The molecule has 0 radical (unpaired) electrons. The van der Waals surface area contributed by atoms with Crippen LogP contribution in [-0.2, 0) is 34.2 Å². The minimum absolute atomic E-state index is 0.0189. The molecule has 48 heavy (non-hydrogen) atoms. The van der Waals surface area contributed by atoms with E-state index >= 15 is 0 Å². The van der Waals surface area contributed by atoms with E-state index in [-0.39, 0.29) is 48.2 Å². The zero-order valence-corrected chi connectivity index (χ0v) is 30.0. The number of sulfonamides is 1. The lowest BCUT2D eigenvalue weighted by Crippen LogP contribution is -2.57. The summed E-state index contributed by atoms with van der Waals surface area (Å²) in [5.74, 6) is 0.0650. The number of urea groups is 1. The van der Waals surface area contributed by atoms with Gasteiger partial charge in [0, 0.05) is 38.0 Å². The molecule has 2 aliphatic heterocycles. The molecule has 2 aliphatic rings. The SMILES string of the molecule is Cc1nc(CN2CCN([C@H](C(=O)N[C@@H](Cc3ccccc3)[C@@H](O)CN(CC(C)C)S(=O)(=O)c3ccc4c(c3)CCO4)C(C)C)C2=O)cs1. The first-order valence-electron chi connectivity index (χ1n) is 16.6. The Morgan fingerprint density at radius 1 is 1.10 bits per heavy atom. The molecule has 260 valence electrons. The van der Waals surface area contributed by atoms with Gasteiger partial charge in [-0.05, 0) is 54.5 Å². The minimum Gasteiger partial charge on any atom is -0.493 e. The van der Waals surface area contributed by atoms with Crippen molar-refractivity contribution >= 4 is 33.3 Å². The molecule has 1 fully saturated rings. The van der Waals surface area contributed by atoms with Gasteiger partial charge in [0.15, 0.2) is 0 Å². The molecule has 3 aromatic rings. The molecule has 1 saturated heterocycles. The van der Waals surface area contributed by atoms with Gasteiger partial charge in [-0.15, -0.1) is 11.3 Å². The molecule has 0 saturated carbocycles. The molecule has 3 heterocycles. The van der Waals surface area contributed by atoms with Crippen LogP contribution in [0.2, 0.25) is 0 Å². The average Bonchev–Trinajstić information content (AvgIpc) is 3.77. The van der Waals surface area contributed by atoms with Gasteiger partial charge < -0.3 is 25.0 Å². The van der Waals surface area contributed by atoms with Crippen LogP contribution in [0.4, 0.5) is 4.79 Å². The number of rotatable bonds is 15. The third-order valence-corrected chi connectivity index (χ3v) is 11.4. The van der Waals surface area contributed by atoms with Gasteiger partial charge in [0.05, 0.1) is 40.9 Å². The Labute approximate surface area is 288 Å². The Balaban J connectivity index is 1.37. The number of carbonyl (C=O) groups excluding carboxylic acids is 2. The number of fused-ring (bicyclic) bond motifs is 1. The molecular formula is C35H47N5O6S2. The monoisotopic (exact) mass is 697 g/mol. The maximum Gasteiger partial charge on any atom is 0.321 e. The van der Waals surface area contributed by atoms with E-state index in [2.05, 4.69) is 10.3 Å². The summed E-state index contributed by atoms with van der Waals surface area (Å²) in [7, 11) is -3.99. The standard InChI is InChI=1S/C35H47N5O6S2/c1-23(2)19-39(48(44,45)29-11-12-32-27(18-29)13-16-46-32)21-31(41)30(17-26-9-7-6-8-10-26)37-34(42)33(24(3)4)40-15-14-38(35(40)43)20-28-22-47-25(5)36-28/h6-12,18,22-24,30-31,33,41H,13-17,19-21H2,1-5H3,(H,37,42)/t30-,31-,33-/m0/s1. The lowest BCUT2D eigenvalue weighted by Gasteiger charge is -2.34. The predicted octanol–water partition coefficient (Wildman–Crippen LogP) is 4.08. The number of thiazole rings is 1. The summed E-state index contributed by atoms with van der Waals surface area (Å²) < 4.78 is 34.9. The van der Waals surface area contributed by atoms with Crippen molar-refractivity contribution in [1.29, 1.82) is 0 Å². The number of hydrogen-bond donors (Lipinski definition) is 2. The zero-order chi connectivity index (χ0) is 34.6. The molecule has 0 bridgehead atoms. The number of benzene rings is 2. The normalized spacial score (nSPS) is 16.8. The van der Waals surface area contributed by atoms with E-state index in [1.807, 2.05) is 70.3 Å². The fourth-order valence-corrected chi connectivity index (χ4v) is 8.67. The van der Waals surface area contributed by atoms with Gasteiger partial charge in [-0.1, -0.05) is 58.0 Å². The maximum absolute atomic E-state index is 14.1. The topological polar surface area (TPSA) is 132 Å². The van der Waals surface area contributed by atoms with Crippen LogP contribution in [0.25, 0.3) is 0 Å². The van der Waals surface area contributed by atoms with Gasteiger partial charge in [-0.2, -0.15) is 4.31 Å². The highest BCUT2D eigenvalue weighted by atomic mass is 32.2. The van der Waals surface area contributed by atoms with Crippen molar-refractivity contribution in [3.8, 4) is 5.75 Å². The summed E-state index contributed by atoms with van der Waals surface area (Å²) in [5, 5.41) is 17.7. The number of hydrogen-bond acceptors (Lipinski definition) is 8. The van der Waals surface area contributed by atoms with Crippen LogP contribution in [0, 0.1) is 18.8 Å². The second-order valence-corrected chi connectivity index (χ2v) is 16.4. The quantitative estimate of drug-likeness (QED) is 0.245. The van der Waals surface area contributed by atoms with E-state index in [1.54, 1.807) is 28.0 Å². The molecule has 0 aliphatic carbocycles. The Hall–Kier alpha value is -3.52. The van der Waals surface area contributed by atoms with Gasteiger partial charge in [0.25, 0.3) is 0 Å². The predicted molar refractivity (Wildman–Crippen MR) is 185 cm³/mol. The highest BCUT2D eigenvalue weighted by Gasteiger charge is 2.40. The van der Waals surface area contributed by atoms with Gasteiger partial charge in [-0.25, -0.2) is 18.2 Å². The van der Waals surface area contributed by atoms with E-state index < -0.39 is 28.2 Å². The van der Waals surface area contributed by atoms with Crippen LogP contribution < -0.4 is 10.1 Å². The lowest BCUT2D eigenvalue weighted by molar-refractivity contribution is -0.128. The number of aromatic nitrogens is 1. The summed E-state index contributed by atoms with van der Waals surface area (Å²) in [4.78, 5) is 35.6. The molecular weight excluding hydrogens is 651 g/mol. The minimum atomic E-state index is -3.99. The number of nitrogens with zero attached hydrogens (tertiary/aromatic N) is 4. The molecule has 1 aromatic heterocycles. The van der Waals surface area contributed by atoms with Crippen molar-refractivity contribution in [3.63, 3.8) is 0 Å². The maximum atomic E-state index is 14.1. The molecule has 3 atom stereocenters. The Kier molecular flexibility index (Phi) is 11.4. The Morgan fingerprint density at radius 3 is 2.52 bits per heavy atom. The fraction of sp³-hybridized carbons (Fsp3) is 0.514. The van der Waals surface area contributed by atoms with Crippen molar-refractivity contribution in [2.24, 2.45) is 11.8 Å². The third kappa shape index (κ3) is 8.36. The molecule has 5 rings (SSSR count). The van der Waals surface area contributed by atoms with Crippen LogP contribution in [0.5, 0.6) is 5.75 Å². The van der Waals surface area contributed by atoms with Gasteiger partial charge in [-0.3, -0.25) is 4.79 Å². The molecule has 11 nitrogen and oxygen atoms in total. The fourth-order valence-electron chi connectivity index (χ4n) is 6.39. The first-order chi connectivity index (χ1) is 22.8. The van der Waals surface area contributed by atoms with E-state index in [0.717, 1.165) is 21.8 Å². The number of amides is 3. The smallest absolute Gasteiger partial charge is 0.321 e. The summed E-state index contributed by atoms with van der Waals surface area (Å²) >= 11 is 1.53. The third-order valence-electron chi connectivity index (χ3n) is 8.73. The highest BCUT2D eigenvalue weighted by molar-refractivity contribution is 7.89. The van der Waals surface area contributed by atoms with Crippen LogP contribution >= 0.6 is 11.3 Å². The Bertz CT molecular complexity index is 1680. The molecule has 13 heteroatoms. The van der Waals surface area contributed by atoms with E-state index in [4.69, 9.17) is 4.74 Å². The number of aliphatic hydroxyl groups is 1. The van der Waals surface area contributed by atoms with Crippen molar-refractivity contribution in [2.75, 3.05) is 32.8 Å². The Morgan fingerprint density at radius 2 is 1.85 bits per heavy atom. The largest absolute Gasteiger partial charge is 0.493 e. The van der Waals surface area contributed by atoms with Crippen LogP contribution in [0.15, 0.2) is 58.8 Å². The number of carbonyl (C=O) groups is 2. The van der Waals surface area contributed by atoms with Gasteiger partial charge in [0.2, 0.25) is 15.9 Å². The molecule has 0 unspecified atom stereocenters. The van der Waals surface area contributed by atoms with Crippen molar-refractivity contribution in [2.45, 2.75) is 77.1 Å². The number of aliphatic hydroxyl groups excluding tert-OH is 1. The second-order valence-electron chi connectivity index (χ2n) is 13.4. The zero-order valence-electron chi connectivity index (χ0n) is 28.3. The molecule has 2 aromatic carbocycles. The van der Waals surface area contributed by atoms with Crippen LogP contribution in [0.1, 0.15) is 49.5 Å². The van der Waals surface area contributed by atoms with Crippen LogP contribution in [-0.4, -0.2) is 95.5 Å². The van der Waals surface area contributed by atoms with Crippen molar-refractivity contribution in [3.05, 3.63) is 75.7 Å². The second kappa shape index (κ2) is 15.4. The summed E-state index contributed by atoms with van der Waals surface area (Å²) in [5.41, 5.74) is 2.53. The van der Waals surface area contributed by atoms with Crippen molar-refractivity contribution < 1.29 is 27.9 Å². The molecule has 2 N–H and O–H groups in total. The first kappa shape index (κ1) is 35.8. The average molecular weight is 698 g/mol. The summed E-state index contributed by atoms with van der Waals surface area (Å²) in [6.07, 6.45) is -0.338. The van der Waals surface area contributed by atoms with E-state index in [9.17, 15) is 23.1 Å². The molecule has 0 spiro atoms. The number of nitrogens with one attached hydrogen (secondary N) is 1. The van der Waals surface area contributed by atoms with Crippen molar-refractivity contribution in [1.82, 2.24) is 24.4 Å². The van der Waals surface area contributed by atoms with Gasteiger partial charge >= 0.3 is 6.03 Å². The first-order valence-corrected chi connectivity index (χ1v) is 18.9. The summed E-state index contributed by atoms with van der Waals surface area (Å²) in [6, 6.07) is 12.5. The lowest BCUT2D eigenvalue weighted by atomic mass is 9.97. The van der Waals surface area contributed by atoms with E-state index in [0.29, 0.717) is 38.4 Å². The van der Waals surface area contributed by atoms with Gasteiger partial charge in [0.1, 0.15) is 11.8 Å².